The molecule has 1 aromatic rings. The second-order valence-electron chi connectivity index (χ2n) is 3.67. The third kappa shape index (κ3) is 4.26. The minimum absolute atomic E-state index is 0.355. The molecule has 0 saturated heterocycles. The standard InChI is InChI=1S/C11H11ClF3NO/c1-8(7-11(13,14)15)10(17)16(12)9-5-3-2-4-6-9/h2-6,8H,7H2,1H3. The number of alkyl halides is 3. The molecule has 1 atom stereocenters. The average molecular weight is 266 g/mol. The molecule has 94 valence electrons. The van der Waals surface area contributed by atoms with Gasteiger partial charge in [0.25, 0.3) is 0 Å². The highest BCUT2D eigenvalue weighted by Gasteiger charge is 2.34. The van der Waals surface area contributed by atoms with Crippen LogP contribution in [-0.2, 0) is 4.79 Å². The van der Waals surface area contributed by atoms with Gasteiger partial charge in [0, 0.05) is 17.7 Å². The average Bonchev–Trinajstić information content (AvgIpc) is 2.26. The van der Waals surface area contributed by atoms with Gasteiger partial charge < -0.3 is 0 Å². The molecule has 1 amide bonds. The molecule has 0 aliphatic heterocycles. The van der Waals surface area contributed by atoms with Crippen molar-refractivity contribution in [2.24, 2.45) is 5.92 Å². The second-order valence-corrected chi connectivity index (χ2v) is 4.01. The lowest BCUT2D eigenvalue weighted by molar-refractivity contribution is -0.151. The molecule has 0 radical (unpaired) electrons. The number of anilines is 1. The number of halogens is 4. The maximum Gasteiger partial charge on any atom is 0.389 e. The van der Waals surface area contributed by atoms with E-state index in [1.54, 1.807) is 30.3 Å². The molecule has 0 heterocycles. The maximum absolute atomic E-state index is 12.1. The van der Waals surface area contributed by atoms with E-state index in [9.17, 15) is 18.0 Å². The highest BCUT2D eigenvalue weighted by atomic mass is 35.5. The van der Waals surface area contributed by atoms with Crippen LogP contribution in [0.15, 0.2) is 30.3 Å². The molecule has 2 nitrogen and oxygen atoms in total. The van der Waals surface area contributed by atoms with Crippen molar-refractivity contribution in [1.82, 2.24) is 0 Å². The van der Waals surface area contributed by atoms with Gasteiger partial charge in [0.05, 0.1) is 12.1 Å². The molecule has 1 unspecified atom stereocenters. The largest absolute Gasteiger partial charge is 0.389 e. The zero-order valence-electron chi connectivity index (χ0n) is 9.04. The molecule has 0 saturated carbocycles. The molecule has 1 aromatic carbocycles. The topological polar surface area (TPSA) is 20.3 Å². The fraction of sp³-hybridized carbons (Fsp3) is 0.364. The summed E-state index contributed by atoms with van der Waals surface area (Å²) in [6, 6.07) is 8.10. The number of carbonyl (C=O) groups is 1. The van der Waals surface area contributed by atoms with Gasteiger partial charge in [0.2, 0.25) is 5.91 Å². The van der Waals surface area contributed by atoms with Crippen LogP contribution in [0, 0.1) is 5.92 Å². The first-order valence-electron chi connectivity index (χ1n) is 4.93. The molecule has 0 bridgehead atoms. The van der Waals surface area contributed by atoms with Crippen molar-refractivity contribution in [3.8, 4) is 0 Å². The van der Waals surface area contributed by atoms with Crippen molar-refractivity contribution in [1.29, 1.82) is 0 Å². The Balaban J connectivity index is 2.71. The lowest BCUT2D eigenvalue weighted by Crippen LogP contribution is -2.30. The van der Waals surface area contributed by atoms with E-state index in [2.05, 4.69) is 0 Å². The summed E-state index contributed by atoms with van der Waals surface area (Å²) >= 11 is 5.70. The Morgan fingerprint density at radius 3 is 2.35 bits per heavy atom. The Labute approximate surface area is 102 Å². The van der Waals surface area contributed by atoms with E-state index in [-0.39, 0.29) is 0 Å². The smallest absolute Gasteiger partial charge is 0.273 e. The van der Waals surface area contributed by atoms with Crippen molar-refractivity contribution in [3.05, 3.63) is 30.3 Å². The highest BCUT2D eigenvalue weighted by molar-refractivity contribution is 6.36. The fourth-order valence-corrected chi connectivity index (χ4v) is 1.59. The molecular weight excluding hydrogens is 255 g/mol. The Hall–Kier alpha value is -1.23. The van der Waals surface area contributed by atoms with E-state index in [4.69, 9.17) is 11.8 Å². The minimum atomic E-state index is -4.37. The SMILES string of the molecule is CC(CC(F)(F)F)C(=O)N(Cl)c1ccccc1. The van der Waals surface area contributed by atoms with Crippen LogP contribution in [0.1, 0.15) is 13.3 Å². The lowest BCUT2D eigenvalue weighted by atomic mass is 10.1. The van der Waals surface area contributed by atoms with Crippen LogP contribution in [0.3, 0.4) is 0 Å². The Morgan fingerprint density at radius 2 is 1.88 bits per heavy atom. The number of nitrogens with zero attached hydrogens (tertiary/aromatic N) is 1. The molecule has 0 fully saturated rings. The van der Waals surface area contributed by atoms with Crippen molar-refractivity contribution < 1.29 is 18.0 Å². The molecule has 17 heavy (non-hydrogen) atoms. The van der Waals surface area contributed by atoms with Crippen molar-refractivity contribution >= 4 is 23.4 Å². The van der Waals surface area contributed by atoms with Crippen molar-refractivity contribution in [2.75, 3.05) is 4.42 Å². The third-order valence-electron chi connectivity index (χ3n) is 2.14. The molecule has 0 aliphatic rings. The van der Waals surface area contributed by atoms with Crippen LogP contribution in [0.5, 0.6) is 0 Å². The van der Waals surface area contributed by atoms with Crippen LogP contribution in [0.2, 0.25) is 0 Å². The van der Waals surface area contributed by atoms with E-state index in [0.29, 0.717) is 5.69 Å². The normalized spacial score (nSPS) is 13.2. The van der Waals surface area contributed by atoms with Crippen LogP contribution in [0.4, 0.5) is 18.9 Å². The molecule has 0 aliphatic carbocycles. The predicted octanol–water partition coefficient (Wildman–Crippen LogP) is 3.76. The van der Waals surface area contributed by atoms with E-state index >= 15 is 0 Å². The van der Waals surface area contributed by atoms with Crippen molar-refractivity contribution in [2.45, 2.75) is 19.5 Å². The Bertz CT molecular complexity index is 380. The van der Waals surface area contributed by atoms with Crippen LogP contribution in [-0.4, -0.2) is 12.1 Å². The minimum Gasteiger partial charge on any atom is -0.273 e. The van der Waals surface area contributed by atoms with Crippen LogP contribution < -0.4 is 4.42 Å². The first-order valence-corrected chi connectivity index (χ1v) is 5.26. The number of hydrogen-bond acceptors (Lipinski definition) is 1. The van der Waals surface area contributed by atoms with Gasteiger partial charge in [0.15, 0.2) is 0 Å². The fourth-order valence-electron chi connectivity index (χ4n) is 1.31. The maximum atomic E-state index is 12.1. The molecular formula is C11H11ClF3NO. The highest BCUT2D eigenvalue weighted by Crippen LogP contribution is 2.27. The van der Waals surface area contributed by atoms with Gasteiger partial charge in [-0.1, -0.05) is 25.1 Å². The summed E-state index contributed by atoms with van der Waals surface area (Å²) in [4.78, 5) is 11.6. The summed E-state index contributed by atoms with van der Waals surface area (Å²) in [6.07, 6.45) is -5.55. The van der Waals surface area contributed by atoms with Crippen LogP contribution >= 0.6 is 11.8 Å². The summed E-state index contributed by atoms with van der Waals surface area (Å²) in [5.41, 5.74) is 0.355. The van der Waals surface area contributed by atoms with Crippen LogP contribution in [0.25, 0.3) is 0 Å². The third-order valence-corrected chi connectivity index (χ3v) is 2.50. The number of carbonyl (C=O) groups excluding carboxylic acids is 1. The Kier molecular flexibility index (Phi) is 4.40. The van der Waals surface area contributed by atoms with Gasteiger partial charge in [0.1, 0.15) is 0 Å². The van der Waals surface area contributed by atoms with Gasteiger partial charge in [-0.2, -0.15) is 13.2 Å². The van der Waals surface area contributed by atoms with E-state index in [1.165, 1.54) is 6.92 Å². The second kappa shape index (κ2) is 5.40. The zero-order valence-corrected chi connectivity index (χ0v) is 9.79. The molecule has 0 spiro atoms. The molecule has 0 N–H and O–H groups in total. The number of amides is 1. The molecule has 1 rings (SSSR count). The monoisotopic (exact) mass is 265 g/mol. The van der Waals surface area contributed by atoms with E-state index < -0.39 is 24.4 Å². The van der Waals surface area contributed by atoms with Gasteiger partial charge in [-0.05, 0) is 12.1 Å². The molecule has 6 heteroatoms. The lowest BCUT2D eigenvalue weighted by Gasteiger charge is -2.19. The number of para-hydroxylation sites is 1. The molecule has 0 aromatic heterocycles. The summed E-state index contributed by atoms with van der Waals surface area (Å²) < 4.78 is 37.1. The number of benzene rings is 1. The summed E-state index contributed by atoms with van der Waals surface area (Å²) in [6.45, 7) is 1.20. The first kappa shape index (κ1) is 13.8. The van der Waals surface area contributed by atoms with Gasteiger partial charge in [-0.25, -0.2) is 4.42 Å². The first-order chi connectivity index (χ1) is 7.81. The summed E-state index contributed by atoms with van der Waals surface area (Å²) in [5.74, 6) is -1.97. The van der Waals surface area contributed by atoms with Gasteiger partial charge in [-0.15, -0.1) is 0 Å². The quantitative estimate of drug-likeness (QED) is 0.762. The number of rotatable bonds is 3. The predicted molar refractivity (Wildman–Crippen MR) is 59.6 cm³/mol. The summed E-state index contributed by atoms with van der Waals surface area (Å²) in [5, 5.41) is 0. The van der Waals surface area contributed by atoms with Gasteiger partial charge >= 0.3 is 6.18 Å². The number of hydrogen-bond donors (Lipinski definition) is 0. The van der Waals surface area contributed by atoms with E-state index in [0.717, 1.165) is 4.42 Å². The van der Waals surface area contributed by atoms with Gasteiger partial charge in [-0.3, -0.25) is 4.79 Å². The van der Waals surface area contributed by atoms with E-state index in [1.807, 2.05) is 0 Å². The zero-order chi connectivity index (χ0) is 13.1. The summed E-state index contributed by atoms with van der Waals surface area (Å²) in [7, 11) is 0. The van der Waals surface area contributed by atoms with Crippen molar-refractivity contribution in [3.63, 3.8) is 0 Å². The Morgan fingerprint density at radius 1 is 1.35 bits per heavy atom.